The van der Waals surface area contributed by atoms with E-state index >= 15 is 0 Å². The Balaban J connectivity index is 2.22. The molecule has 2 aromatic rings. The highest BCUT2D eigenvalue weighted by Crippen LogP contribution is 2.34. The molecule has 19 heavy (non-hydrogen) atoms. The quantitative estimate of drug-likeness (QED) is 0.852. The smallest absolute Gasteiger partial charge is 0.256 e. The summed E-state index contributed by atoms with van der Waals surface area (Å²) in [5.74, 6) is 0.0751. The van der Waals surface area contributed by atoms with Gasteiger partial charge in [0.25, 0.3) is 5.91 Å². The van der Waals surface area contributed by atoms with Crippen LogP contribution in [-0.2, 0) is 6.54 Å². The average molecular weight is 340 g/mol. The molecular weight excluding hydrogens is 334 g/mol. The van der Waals surface area contributed by atoms with E-state index in [0.717, 1.165) is 0 Å². The molecule has 4 nitrogen and oxygen atoms in total. The van der Waals surface area contributed by atoms with Crippen LogP contribution in [0.25, 0.3) is 0 Å². The van der Waals surface area contributed by atoms with E-state index in [-0.39, 0.29) is 32.5 Å². The molecule has 2 aromatic heterocycles. The maximum absolute atomic E-state index is 12.0. The molecule has 0 aromatic carbocycles. The second-order valence-corrected chi connectivity index (χ2v) is 4.93. The van der Waals surface area contributed by atoms with Crippen LogP contribution in [0, 0.1) is 0 Å². The maximum Gasteiger partial charge on any atom is 0.256 e. The molecule has 2 rings (SSSR count). The van der Waals surface area contributed by atoms with Crippen molar-refractivity contribution < 1.29 is 9.21 Å². The normalized spacial score (nSPS) is 10.5. The average Bonchev–Trinajstić information content (AvgIpc) is 2.86. The zero-order valence-corrected chi connectivity index (χ0v) is 12.2. The summed E-state index contributed by atoms with van der Waals surface area (Å²) in [7, 11) is 0. The van der Waals surface area contributed by atoms with E-state index in [1.165, 1.54) is 6.26 Å². The van der Waals surface area contributed by atoms with Gasteiger partial charge in [-0.1, -0.05) is 46.4 Å². The van der Waals surface area contributed by atoms with E-state index in [2.05, 4.69) is 10.3 Å². The topological polar surface area (TPSA) is 55.1 Å². The van der Waals surface area contributed by atoms with Gasteiger partial charge in [-0.3, -0.25) is 4.79 Å². The van der Waals surface area contributed by atoms with Crippen LogP contribution in [0.1, 0.15) is 16.1 Å². The summed E-state index contributed by atoms with van der Waals surface area (Å²) in [5.41, 5.74) is -0.0238. The second-order valence-electron chi connectivity index (χ2n) is 3.46. The molecule has 0 saturated heterocycles. The molecule has 0 spiro atoms. The van der Waals surface area contributed by atoms with Crippen molar-refractivity contribution in [2.45, 2.75) is 6.54 Å². The fourth-order valence-corrected chi connectivity index (χ4v) is 2.33. The number of carbonyl (C=O) groups is 1. The van der Waals surface area contributed by atoms with E-state index in [1.807, 2.05) is 0 Å². The minimum Gasteiger partial charge on any atom is -0.467 e. The van der Waals surface area contributed by atoms with Crippen LogP contribution in [0.4, 0.5) is 0 Å². The first kappa shape index (κ1) is 14.5. The van der Waals surface area contributed by atoms with E-state index < -0.39 is 5.91 Å². The van der Waals surface area contributed by atoms with Gasteiger partial charge in [0.1, 0.15) is 10.9 Å². The number of rotatable bonds is 3. The Labute approximate surface area is 128 Å². The van der Waals surface area contributed by atoms with Crippen molar-refractivity contribution in [3.63, 3.8) is 0 Å². The fourth-order valence-electron chi connectivity index (χ4n) is 1.34. The molecule has 0 atom stereocenters. The predicted molar refractivity (Wildman–Crippen MR) is 74.2 cm³/mol. The molecule has 0 aliphatic heterocycles. The zero-order chi connectivity index (χ0) is 14.0. The number of pyridine rings is 1. The highest BCUT2D eigenvalue weighted by Gasteiger charge is 2.21. The van der Waals surface area contributed by atoms with Crippen molar-refractivity contribution in [1.82, 2.24) is 10.3 Å². The van der Waals surface area contributed by atoms with E-state index in [4.69, 9.17) is 50.8 Å². The summed E-state index contributed by atoms with van der Waals surface area (Å²) in [6.45, 7) is 0.193. The third-order valence-corrected chi connectivity index (χ3v) is 3.71. The third kappa shape index (κ3) is 3.15. The van der Waals surface area contributed by atoms with Gasteiger partial charge in [-0.2, -0.15) is 0 Å². The van der Waals surface area contributed by atoms with Crippen LogP contribution in [0.2, 0.25) is 20.4 Å². The second kappa shape index (κ2) is 6.01. The summed E-state index contributed by atoms with van der Waals surface area (Å²) in [6, 6.07) is 3.43. The molecule has 8 heteroatoms. The Kier molecular flexibility index (Phi) is 4.58. The number of hydrogen-bond donors (Lipinski definition) is 1. The Morgan fingerprint density at radius 1 is 1.21 bits per heavy atom. The number of halogens is 4. The van der Waals surface area contributed by atoms with Gasteiger partial charge in [0, 0.05) is 0 Å². The fraction of sp³-hybridized carbons (Fsp3) is 0.0909. The molecule has 1 N–H and O–H groups in total. The van der Waals surface area contributed by atoms with Crippen molar-refractivity contribution in [3.8, 4) is 0 Å². The van der Waals surface area contributed by atoms with Gasteiger partial charge in [0.05, 0.1) is 28.4 Å². The molecule has 0 radical (unpaired) electrons. The third-order valence-electron chi connectivity index (χ3n) is 2.23. The minimum absolute atomic E-state index is 0.0177. The van der Waals surface area contributed by atoms with Gasteiger partial charge in [0.2, 0.25) is 0 Å². The minimum atomic E-state index is -0.516. The van der Waals surface area contributed by atoms with Crippen molar-refractivity contribution >= 4 is 52.3 Å². The highest BCUT2D eigenvalue weighted by atomic mass is 35.5. The molecule has 0 unspecified atom stereocenters. The van der Waals surface area contributed by atoms with Gasteiger partial charge in [0.15, 0.2) is 5.15 Å². The van der Waals surface area contributed by atoms with Crippen LogP contribution in [0.15, 0.2) is 22.8 Å². The molecule has 1 amide bonds. The lowest BCUT2D eigenvalue weighted by atomic mass is 10.2. The Morgan fingerprint density at radius 3 is 2.58 bits per heavy atom. The van der Waals surface area contributed by atoms with Crippen LogP contribution in [0.3, 0.4) is 0 Å². The van der Waals surface area contributed by atoms with Gasteiger partial charge >= 0.3 is 0 Å². The Bertz CT molecular complexity index is 614. The Hall–Kier alpha value is -0.940. The van der Waals surface area contributed by atoms with E-state index in [1.54, 1.807) is 12.1 Å². The van der Waals surface area contributed by atoms with Gasteiger partial charge in [-0.25, -0.2) is 4.98 Å². The van der Waals surface area contributed by atoms with Crippen molar-refractivity contribution in [2.75, 3.05) is 0 Å². The molecular formula is C11H6Cl4N2O2. The SMILES string of the molecule is O=C(NCc1ccco1)c1c(Cl)nc(Cl)c(Cl)c1Cl. The predicted octanol–water partition coefficient (Wildman–Crippen LogP) is 4.22. The number of hydrogen-bond acceptors (Lipinski definition) is 3. The molecule has 2 heterocycles. The summed E-state index contributed by atoms with van der Waals surface area (Å²) < 4.78 is 5.08. The lowest BCUT2D eigenvalue weighted by molar-refractivity contribution is 0.0948. The van der Waals surface area contributed by atoms with Crippen LogP contribution < -0.4 is 5.32 Å². The zero-order valence-electron chi connectivity index (χ0n) is 9.21. The van der Waals surface area contributed by atoms with Crippen LogP contribution in [-0.4, -0.2) is 10.9 Å². The number of furan rings is 1. The monoisotopic (exact) mass is 338 g/mol. The summed E-state index contributed by atoms with van der Waals surface area (Å²) in [6.07, 6.45) is 1.50. The van der Waals surface area contributed by atoms with Gasteiger partial charge < -0.3 is 9.73 Å². The van der Waals surface area contributed by atoms with Crippen LogP contribution >= 0.6 is 46.4 Å². The molecule has 0 bridgehead atoms. The molecule has 0 aliphatic carbocycles. The molecule has 0 fully saturated rings. The summed E-state index contributed by atoms with van der Waals surface area (Å²) in [4.78, 5) is 15.7. The largest absolute Gasteiger partial charge is 0.467 e. The first-order valence-corrected chi connectivity index (χ1v) is 6.52. The van der Waals surface area contributed by atoms with Crippen LogP contribution in [0.5, 0.6) is 0 Å². The van der Waals surface area contributed by atoms with Gasteiger partial charge in [-0.15, -0.1) is 0 Å². The first-order valence-electron chi connectivity index (χ1n) is 5.01. The van der Waals surface area contributed by atoms with E-state index in [9.17, 15) is 4.79 Å². The molecule has 0 saturated carbocycles. The number of nitrogens with one attached hydrogen (secondary N) is 1. The van der Waals surface area contributed by atoms with Crippen molar-refractivity contribution in [3.05, 3.63) is 50.1 Å². The maximum atomic E-state index is 12.0. The lowest BCUT2D eigenvalue weighted by Gasteiger charge is -2.09. The van der Waals surface area contributed by atoms with Crippen molar-refractivity contribution in [1.29, 1.82) is 0 Å². The van der Waals surface area contributed by atoms with Crippen molar-refractivity contribution in [2.24, 2.45) is 0 Å². The lowest BCUT2D eigenvalue weighted by Crippen LogP contribution is -2.23. The number of aromatic nitrogens is 1. The summed E-state index contributed by atoms with van der Waals surface area (Å²) in [5, 5.41) is 2.36. The highest BCUT2D eigenvalue weighted by molar-refractivity contribution is 6.50. The van der Waals surface area contributed by atoms with Gasteiger partial charge in [-0.05, 0) is 12.1 Å². The number of amides is 1. The molecule has 100 valence electrons. The number of nitrogens with zero attached hydrogens (tertiary/aromatic N) is 1. The number of carbonyl (C=O) groups excluding carboxylic acids is 1. The Morgan fingerprint density at radius 2 is 1.95 bits per heavy atom. The first-order chi connectivity index (χ1) is 9.00. The standard InChI is InChI=1S/C11H6Cl4N2O2/c12-7-6(9(14)17-10(15)8(7)13)11(18)16-4-5-2-1-3-19-5/h1-3H,4H2,(H,16,18). The van der Waals surface area contributed by atoms with E-state index in [0.29, 0.717) is 5.76 Å². The molecule has 0 aliphatic rings. The summed E-state index contributed by atoms with van der Waals surface area (Å²) >= 11 is 23.3.